The lowest BCUT2D eigenvalue weighted by Crippen LogP contribution is -2.62. The topological polar surface area (TPSA) is 90.9 Å². The highest BCUT2D eigenvalue weighted by molar-refractivity contribution is 6.09. The fraction of sp³-hybridized carbons (Fsp3) is 0.800. The third-order valence-corrected chi connectivity index (χ3v) is 3.25. The first-order valence-electron chi connectivity index (χ1n) is 7.51. The van der Waals surface area contributed by atoms with E-state index in [1.165, 1.54) is 0 Å². The molecule has 126 valence electrons. The van der Waals surface area contributed by atoms with E-state index in [4.69, 9.17) is 14.2 Å². The van der Waals surface area contributed by atoms with Crippen molar-refractivity contribution < 1.29 is 28.6 Å². The van der Waals surface area contributed by atoms with Crippen LogP contribution in [0, 0.1) is 5.92 Å². The monoisotopic (exact) mass is 315 g/mol. The predicted molar refractivity (Wildman–Crippen MR) is 78.0 cm³/mol. The fourth-order valence-electron chi connectivity index (χ4n) is 2.42. The van der Waals surface area contributed by atoms with Crippen molar-refractivity contribution in [3.63, 3.8) is 0 Å². The van der Waals surface area contributed by atoms with Gasteiger partial charge in [-0.25, -0.2) is 9.59 Å². The van der Waals surface area contributed by atoms with Crippen LogP contribution in [0.1, 0.15) is 41.0 Å². The Kier molecular flexibility index (Phi) is 5.93. The molecule has 1 atom stereocenters. The highest BCUT2D eigenvalue weighted by atomic mass is 16.6. The van der Waals surface area contributed by atoms with E-state index in [2.05, 4.69) is 5.32 Å². The summed E-state index contributed by atoms with van der Waals surface area (Å²) in [7, 11) is 0. The van der Waals surface area contributed by atoms with E-state index in [0.717, 1.165) is 0 Å². The van der Waals surface area contributed by atoms with Crippen LogP contribution in [0.2, 0.25) is 0 Å². The van der Waals surface area contributed by atoms with E-state index in [-0.39, 0.29) is 13.2 Å². The summed E-state index contributed by atoms with van der Waals surface area (Å²) in [6, 6.07) is 0. The van der Waals surface area contributed by atoms with Crippen molar-refractivity contribution in [3.8, 4) is 0 Å². The Morgan fingerprint density at radius 1 is 1.09 bits per heavy atom. The molecule has 1 aliphatic heterocycles. The quantitative estimate of drug-likeness (QED) is 0.456. The molecule has 1 heterocycles. The van der Waals surface area contributed by atoms with Gasteiger partial charge in [0.2, 0.25) is 5.54 Å². The second kappa shape index (κ2) is 7.09. The van der Waals surface area contributed by atoms with Gasteiger partial charge in [-0.15, -0.1) is 0 Å². The molecule has 0 amide bonds. The second-order valence-electron chi connectivity index (χ2n) is 6.05. The largest absolute Gasteiger partial charge is 0.464 e. The summed E-state index contributed by atoms with van der Waals surface area (Å²) in [5, 5.41) is 2.81. The van der Waals surface area contributed by atoms with E-state index >= 15 is 0 Å². The van der Waals surface area contributed by atoms with E-state index < -0.39 is 35.0 Å². The molecule has 0 bridgehead atoms. The van der Waals surface area contributed by atoms with Crippen molar-refractivity contribution >= 4 is 17.9 Å². The Hall–Kier alpha value is -1.63. The van der Waals surface area contributed by atoms with Crippen molar-refractivity contribution in [3.05, 3.63) is 0 Å². The molecule has 0 aromatic rings. The molecule has 0 aromatic heterocycles. The first kappa shape index (κ1) is 18.4. The maximum atomic E-state index is 12.4. The lowest BCUT2D eigenvalue weighted by Gasteiger charge is -2.31. The lowest BCUT2D eigenvalue weighted by atomic mass is 9.85. The molecule has 1 rings (SSSR count). The number of esters is 3. The minimum absolute atomic E-state index is 0.0999. The molecule has 0 aliphatic carbocycles. The van der Waals surface area contributed by atoms with Gasteiger partial charge >= 0.3 is 17.9 Å². The molecule has 0 saturated carbocycles. The average molecular weight is 315 g/mol. The van der Waals surface area contributed by atoms with E-state index in [1.54, 1.807) is 34.6 Å². The third-order valence-electron chi connectivity index (χ3n) is 3.25. The SMILES string of the molecule is CCOC(=O)C1(C(=O)OCC)NCCC1C(=O)OC(C)(C)C. The number of ether oxygens (including phenoxy) is 3. The maximum Gasteiger partial charge on any atom is 0.339 e. The zero-order chi connectivity index (χ0) is 17.0. The molecule has 1 aliphatic rings. The Labute approximate surface area is 130 Å². The molecule has 7 nitrogen and oxygen atoms in total. The summed E-state index contributed by atoms with van der Waals surface area (Å²) in [6.07, 6.45) is 0.298. The molecular formula is C15H25NO6. The molecule has 1 unspecified atom stereocenters. The molecule has 0 spiro atoms. The van der Waals surface area contributed by atoms with Gasteiger partial charge in [0.05, 0.1) is 19.1 Å². The van der Waals surface area contributed by atoms with Crippen molar-refractivity contribution in [1.29, 1.82) is 0 Å². The third kappa shape index (κ3) is 3.76. The van der Waals surface area contributed by atoms with Gasteiger partial charge in [-0.2, -0.15) is 0 Å². The number of carbonyl (C=O) groups is 3. The summed E-state index contributed by atoms with van der Waals surface area (Å²) < 4.78 is 15.3. The maximum absolute atomic E-state index is 12.4. The molecule has 1 fully saturated rings. The standard InChI is InChI=1S/C15H25NO6/c1-6-20-12(18)15(13(19)21-7-2)10(8-9-16-15)11(17)22-14(3,4)5/h10,16H,6-9H2,1-5H3. The molecule has 0 aromatic carbocycles. The highest BCUT2D eigenvalue weighted by Crippen LogP contribution is 2.32. The second-order valence-corrected chi connectivity index (χ2v) is 6.05. The molecule has 22 heavy (non-hydrogen) atoms. The summed E-state index contributed by atoms with van der Waals surface area (Å²) in [6.45, 7) is 8.96. The van der Waals surface area contributed by atoms with Crippen LogP contribution < -0.4 is 5.32 Å². The Morgan fingerprint density at radius 3 is 2.00 bits per heavy atom. The summed E-state index contributed by atoms with van der Waals surface area (Å²) in [5.74, 6) is -3.19. The van der Waals surface area contributed by atoms with Crippen molar-refractivity contribution in [2.24, 2.45) is 5.92 Å². The number of hydrogen-bond acceptors (Lipinski definition) is 7. The van der Waals surface area contributed by atoms with Crippen LogP contribution in [0.4, 0.5) is 0 Å². The van der Waals surface area contributed by atoms with Crippen LogP contribution in [0.25, 0.3) is 0 Å². The van der Waals surface area contributed by atoms with Gasteiger partial charge in [-0.05, 0) is 47.6 Å². The highest BCUT2D eigenvalue weighted by Gasteiger charge is 2.61. The lowest BCUT2D eigenvalue weighted by molar-refractivity contribution is -0.178. The van der Waals surface area contributed by atoms with Gasteiger partial charge in [0.1, 0.15) is 5.60 Å². The van der Waals surface area contributed by atoms with Gasteiger partial charge in [0, 0.05) is 0 Å². The summed E-state index contributed by atoms with van der Waals surface area (Å²) in [4.78, 5) is 37.2. The number of hydrogen-bond donors (Lipinski definition) is 1. The van der Waals surface area contributed by atoms with Crippen molar-refractivity contribution in [2.45, 2.75) is 52.2 Å². The normalized spacial score (nSPS) is 20.3. The van der Waals surface area contributed by atoms with Crippen LogP contribution in [-0.4, -0.2) is 48.8 Å². The van der Waals surface area contributed by atoms with Gasteiger partial charge in [0.15, 0.2) is 0 Å². The van der Waals surface area contributed by atoms with Crippen molar-refractivity contribution in [1.82, 2.24) is 5.32 Å². The average Bonchev–Trinajstić information content (AvgIpc) is 2.83. The first-order valence-corrected chi connectivity index (χ1v) is 7.51. The van der Waals surface area contributed by atoms with Crippen LogP contribution in [0.3, 0.4) is 0 Å². The van der Waals surface area contributed by atoms with Gasteiger partial charge < -0.3 is 14.2 Å². The van der Waals surface area contributed by atoms with Crippen molar-refractivity contribution in [2.75, 3.05) is 19.8 Å². The zero-order valence-corrected chi connectivity index (χ0v) is 13.9. The summed E-state index contributed by atoms with van der Waals surface area (Å²) >= 11 is 0. The van der Waals surface area contributed by atoms with Crippen LogP contribution in [-0.2, 0) is 28.6 Å². The Balaban J connectivity index is 3.14. The van der Waals surface area contributed by atoms with Gasteiger partial charge in [-0.1, -0.05) is 0 Å². The Morgan fingerprint density at radius 2 is 1.59 bits per heavy atom. The predicted octanol–water partition coefficient (Wildman–Crippen LogP) is 0.803. The van der Waals surface area contributed by atoms with E-state index in [1.807, 2.05) is 0 Å². The first-order chi connectivity index (χ1) is 10.2. The van der Waals surface area contributed by atoms with E-state index in [9.17, 15) is 14.4 Å². The summed E-state index contributed by atoms with van der Waals surface area (Å²) in [5.41, 5.74) is -2.54. The minimum Gasteiger partial charge on any atom is -0.464 e. The number of rotatable bonds is 5. The molecule has 1 N–H and O–H groups in total. The minimum atomic E-state index is -1.83. The van der Waals surface area contributed by atoms with Crippen LogP contribution >= 0.6 is 0 Å². The molecule has 0 radical (unpaired) electrons. The van der Waals surface area contributed by atoms with Gasteiger partial charge in [0.25, 0.3) is 0 Å². The molecule has 1 saturated heterocycles. The zero-order valence-electron chi connectivity index (χ0n) is 13.9. The van der Waals surface area contributed by atoms with Gasteiger partial charge in [-0.3, -0.25) is 10.1 Å². The number of carbonyl (C=O) groups excluding carboxylic acids is 3. The van der Waals surface area contributed by atoms with Crippen LogP contribution in [0.5, 0.6) is 0 Å². The fourth-order valence-corrected chi connectivity index (χ4v) is 2.42. The smallest absolute Gasteiger partial charge is 0.339 e. The Bertz CT molecular complexity index is 422. The molecule has 7 heteroatoms. The molecular weight excluding hydrogens is 290 g/mol. The van der Waals surface area contributed by atoms with E-state index in [0.29, 0.717) is 13.0 Å². The number of nitrogens with one attached hydrogen (secondary N) is 1. The van der Waals surface area contributed by atoms with Crippen LogP contribution in [0.15, 0.2) is 0 Å².